The van der Waals surface area contributed by atoms with E-state index in [4.69, 9.17) is 0 Å². The molecule has 16 heavy (non-hydrogen) atoms. The first-order valence-electron chi connectivity index (χ1n) is 4.75. The maximum atomic E-state index is 10.1. The second-order valence-electron chi connectivity index (χ2n) is 3.23. The first-order chi connectivity index (χ1) is 7.81. The van der Waals surface area contributed by atoms with Gasteiger partial charge in [-0.25, -0.2) is 0 Å². The van der Waals surface area contributed by atoms with E-state index in [1.54, 1.807) is 12.1 Å². The predicted octanol–water partition coefficient (Wildman–Crippen LogP) is 1.66. The Kier molecular flexibility index (Phi) is 2.82. The van der Waals surface area contributed by atoms with Gasteiger partial charge in [-0.1, -0.05) is 12.1 Å². The molecule has 0 radical (unpaired) electrons. The van der Waals surface area contributed by atoms with Crippen molar-refractivity contribution in [2.75, 3.05) is 0 Å². The average Bonchev–Trinajstić information content (AvgIpc) is 2.30. The molecule has 2 aromatic rings. The number of hydrogen-bond donors (Lipinski definition) is 2. The van der Waals surface area contributed by atoms with Gasteiger partial charge in [-0.05, 0) is 23.8 Å². The molecule has 80 valence electrons. The fourth-order valence-corrected chi connectivity index (χ4v) is 1.48. The number of fused-ring (bicyclic) bond motifs is 1. The van der Waals surface area contributed by atoms with Crippen LogP contribution in [0.2, 0.25) is 0 Å². The molecule has 0 atom stereocenters. The Morgan fingerprint density at radius 3 is 3.06 bits per heavy atom. The number of pyridine rings is 1. The minimum absolute atomic E-state index is 0.122. The zero-order valence-electron chi connectivity index (χ0n) is 8.42. The highest BCUT2D eigenvalue weighted by Gasteiger charge is 1.99. The van der Waals surface area contributed by atoms with E-state index < -0.39 is 0 Å². The third kappa shape index (κ3) is 2.00. The minimum atomic E-state index is 0.122. The van der Waals surface area contributed by atoms with E-state index in [9.17, 15) is 9.90 Å². The number of hydrogen-bond acceptors (Lipinski definition) is 3. The zero-order chi connectivity index (χ0) is 11.4. The summed E-state index contributed by atoms with van der Waals surface area (Å²) >= 11 is 0. The molecule has 1 amide bonds. The quantitative estimate of drug-likeness (QED) is 0.764. The summed E-state index contributed by atoms with van der Waals surface area (Å²) in [6.45, 7) is 0. The molecule has 2 rings (SSSR count). The van der Waals surface area contributed by atoms with Crippen LogP contribution in [0.4, 0.5) is 0 Å². The molecule has 0 saturated carbocycles. The van der Waals surface area contributed by atoms with Crippen molar-refractivity contribution < 1.29 is 9.90 Å². The molecule has 2 N–H and O–H groups in total. The van der Waals surface area contributed by atoms with Crippen LogP contribution in [-0.4, -0.2) is 16.5 Å². The fraction of sp³-hybridized carbons (Fsp3) is 0. The number of benzene rings is 1. The van der Waals surface area contributed by atoms with Crippen LogP contribution in [0.5, 0.6) is 5.75 Å². The van der Waals surface area contributed by atoms with Gasteiger partial charge in [0, 0.05) is 11.6 Å². The molecule has 1 heterocycles. The first-order valence-corrected chi connectivity index (χ1v) is 4.75. The van der Waals surface area contributed by atoms with Crippen molar-refractivity contribution in [1.29, 1.82) is 0 Å². The summed E-state index contributed by atoms with van der Waals surface area (Å²) in [5.74, 6) is 0.122. The van der Waals surface area contributed by atoms with Gasteiger partial charge in [0.2, 0.25) is 6.41 Å². The monoisotopic (exact) mass is 214 g/mol. The number of aromatic hydroxyl groups is 1. The van der Waals surface area contributed by atoms with Crippen LogP contribution in [0.25, 0.3) is 17.0 Å². The highest BCUT2D eigenvalue weighted by molar-refractivity contribution is 5.88. The van der Waals surface area contributed by atoms with E-state index in [-0.39, 0.29) is 5.75 Å². The number of nitrogens with zero attached hydrogens (tertiary/aromatic N) is 1. The molecule has 4 nitrogen and oxygen atoms in total. The molecule has 1 aromatic heterocycles. The summed E-state index contributed by atoms with van der Waals surface area (Å²) in [6, 6.07) is 7.25. The van der Waals surface area contributed by atoms with Crippen molar-refractivity contribution in [1.82, 2.24) is 10.3 Å². The Bertz CT molecular complexity index is 550. The van der Waals surface area contributed by atoms with E-state index in [0.29, 0.717) is 6.41 Å². The lowest BCUT2D eigenvalue weighted by Crippen LogP contribution is -1.98. The van der Waals surface area contributed by atoms with Crippen molar-refractivity contribution in [3.63, 3.8) is 0 Å². The van der Waals surface area contributed by atoms with Gasteiger partial charge < -0.3 is 10.4 Å². The normalized spacial score (nSPS) is 10.8. The number of amides is 1. The lowest BCUT2D eigenvalue weighted by Gasteiger charge is -2.01. The molecule has 4 heteroatoms. The van der Waals surface area contributed by atoms with Crippen LogP contribution in [0.15, 0.2) is 36.7 Å². The van der Waals surface area contributed by atoms with Crippen LogP contribution < -0.4 is 5.32 Å². The number of aromatic nitrogens is 1. The molecule has 0 aliphatic carbocycles. The zero-order valence-corrected chi connectivity index (χ0v) is 8.42. The van der Waals surface area contributed by atoms with Gasteiger partial charge in [0.1, 0.15) is 5.75 Å². The molecular weight excluding hydrogens is 204 g/mol. The lowest BCUT2D eigenvalue weighted by atomic mass is 10.1. The van der Waals surface area contributed by atoms with Crippen LogP contribution >= 0.6 is 0 Å². The van der Waals surface area contributed by atoms with Gasteiger partial charge in [-0.2, -0.15) is 0 Å². The Hall–Kier alpha value is -2.36. The molecule has 0 spiro atoms. The summed E-state index contributed by atoms with van der Waals surface area (Å²) in [7, 11) is 0. The Labute approximate surface area is 92.2 Å². The maximum absolute atomic E-state index is 10.1. The average molecular weight is 214 g/mol. The SMILES string of the molecule is O=CNC=Cc1cccc2ncc(O)cc12. The van der Waals surface area contributed by atoms with Crippen molar-refractivity contribution in [2.45, 2.75) is 0 Å². The van der Waals surface area contributed by atoms with E-state index in [0.717, 1.165) is 16.5 Å². The second kappa shape index (κ2) is 4.44. The van der Waals surface area contributed by atoms with E-state index in [1.807, 2.05) is 18.2 Å². The summed E-state index contributed by atoms with van der Waals surface area (Å²) < 4.78 is 0. The number of rotatable bonds is 3. The van der Waals surface area contributed by atoms with Gasteiger partial charge in [-0.15, -0.1) is 0 Å². The third-order valence-corrected chi connectivity index (χ3v) is 2.17. The number of carbonyl (C=O) groups excluding carboxylic acids is 1. The molecule has 0 saturated heterocycles. The summed E-state index contributed by atoms with van der Waals surface area (Å²) in [4.78, 5) is 14.2. The molecule has 0 fully saturated rings. The smallest absolute Gasteiger partial charge is 0.211 e. The highest BCUT2D eigenvalue weighted by atomic mass is 16.3. The van der Waals surface area contributed by atoms with Crippen molar-refractivity contribution >= 4 is 23.4 Å². The molecule has 1 aromatic carbocycles. The minimum Gasteiger partial charge on any atom is -0.506 e. The Balaban J connectivity index is 2.51. The maximum Gasteiger partial charge on any atom is 0.211 e. The molecule has 0 bridgehead atoms. The van der Waals surface area contributed by atoms with E-state index in [2.05, 4.69) is 10.3 Å². The standard InChI is InChI=1S/C12H10N2O2/c15-8-13-5-4-9-2-1-3-12-11(9)6-10(16)7-14-12/h1-8,16H,(H,13,15). The van der Waals surface area contributed by atoms with Crippen LogP contribution in [0, 0.1) is 0 Å². The highest BCUT2D eigenvalue weighted by Crippen LogP contribution is 2.21. The number of nitrogens with one attached hydrogen (secondary N) is 1. The molecular formula is C12H10N2O2. The van der Waals surface area contributed by atoms with Crippen molar-refractivity contribution in [3.8, 4) is 5.75 Å². The van der Waals surface area contributed by atoms with Crippen LogP contribution in [0.1, 0.15) is 5.56 Å². The van der Waals surface area contributed by atoms with Gasteiger partial charge in [0.05, 0.1) is 11.7 Å². The largest absolute Gasteiger partial charge is 0.506 e. The van der Waals surface area contributed by atoms with Crippen LogP contribution in [0.3, 0.4) is 0 Å². The van der Waals surface area contributed by atoms with Crippen LogP contribution in [-0.2, 0) is 4.79 Å². The Morgan fingerprint density at radius 1 is 1.38 bits per heavy atom. The summed E-state index contributed by atoms with van der Waals surface area (Å²) in [5.41, 5.74) is 1.68. The topological polar surface area (TPSA) is 62.2 Å². The van der Waals surface area contributed by atoms with Crippen molar-refractivity contribution in [2.24, 2.45) is 0 Å². The van der Waals surface area contributed by atoms with E-state index in [1.165, 1.54) is 12.4 Å². The summed E-state index contributed by atoms with van der Waals surface area (Å²) in [6.07, 6.45) is 5.28. The second-order valence-corrected chi connectivity index (χ2v) is 3.23. The van der Waals surface area contributed by atoms with Gasteiger partial charge in [0.15, 0.2) is 0 Å². The lowest BCUT2D eigenvalue weighted by molar-refractivity contribution is -0.108. The summed E-state index contributed by atoms with van der Waals surface area (Å²) in [5, 5.41) is 12.6. The first kappa shape index (κ1) is 10.2. The third-order valence-electron chi connectivity index (χ3n) is 2.17. The van der Waals surface area contributed by atoms with Gasteiger partial charge in [-0.3, -0.25) is 9.78 Å². The fourth-order valence-electron chi connectivity index (χ4n) is 1.48. The Morgan fingerprint density at radius 2 is 2.25 bits per heavy atom. The molecule has 0 aliphatic heterocycles. The van der Waals surface area contributed by atoms with E-state index >= 15 is 0 Å². The molecule has 0 unspecified atom stereocenters. The van der Waals surface area contributed by atoms with Crippen molar-refractivity contribution in [3.05, 3.63) is 42.2 Å². The van der Waals surface area contributed by atoms with Gasteiger partial charge >= 0.3 is 0 Å². The number of carbonyl (C=O) groups is 1. The predicted molar refractivity (Wildman–Crippen MR) is 61.6 cm³/mol. The van der Waals surface area contributed by atoms with Gasteiger partial charge in [0.25, 0.3) is 0 Å². The molecule has 0 aliphatic rings.